The summed E-state index contributed by atoms with van der Waals surface area (Å²) in [5.74, 6) is -0.777. The van der Waals surface area contributed by atoms with E-state index in [0.717, 1.165) is 5.56 Å². The Morgan fingerprint density at radius 1 is 1.03 bits per heavy atom. The van der Waals surface area contributed by atoms with Crippen LogP contribution in [0.2, 0.25) is 0 Å². The van der Waals surface area contributed by atoms with Crippen LogP contribution in [0.4, 0.5) is 11.4 Å². The number of ether oxygens (including phenoxy) is 2. The first-order valence-corrected chi connectivity index (χ1v) is 11.8. The number of carbonyl (C=O) groups is 3. The second-order valence-corrected chi connectivity index (χ2v) is 8.58. The van der Waals surface area contributed by atoms with Crippen molar-refractivity contribution in [2.45, 2.75) is 26.8 Å². The van der Waals surface area contributed by atoms with E-state index >= 15 is 0 Å². The minimum absolute atomic E-state index is 0.0235. The Bertz CT molecular complexity index is 1380. The first-order chi connectivity index (χ1) is 17.7. The zero-order valence-corrected chi connectivity index (χ0v) is 21.1. The molecule has 8 heteroatoms. The molecule has 3 aromatic rings. The largest absolute Gasteiger partial charge is 0.507 e. The molecular weight excluding hydrogens is 472 g/mol. The van der Waals surface area contributed by atoms with Crippen LogP contribution in [0.5, 0.6) is 11.5 Å². The van der Waals surface area contributed by atoms with E-state index in [-0.39, 0.29) is 17.2 Å². The van der Waals surface area contributed by atoms with Crippen LogP contribution >= 0.6 is 0 Å². The summed E-state index contributed by atoms with van der Waals surface area (Å²) in [5.41, 5.74) is 2.78. The number of nitrogens with one attached hydrogen (secondary N) is 1. The zero-order valence-electron chi connectivity index (χ0n) is 21.1. The SMILES string of the molecule is CCOc1ccc(/C(O)=C2/C(=O)C(=O)N(c3ccc(NC(C)=O)cc3)C2c2ccc(OC)cc2)cc1C. The van der Waals surface area contributed by atoms with E-state index < -0.39 is 17.7 Å². The Labute approximate surface area is 215 Å². The van der Waals surface area contributed by atoms with Gasteiger partial charge in [0.25, 0.3) is 11.7 Å². The predicted molar refractivity (Wildman–Crippen MR) is 141 cm³/mol. The van der Waals surface area contributed by atoms with Crippen molar-refractivity contribution in [3.63, 3.8) is 0 Å². The van der Waals surface area contributed by atoms with Crippen LogP contribution in [-0.2, 0) is 14.4 Å². The molecule has 1 aliphatic rings. The summed E-state index contributed by atoms with van der Waals surface area (Å²) in [6, 6.07) is 17.8. The molecule has 2 amide bonds. The number of Topliss-reactive ketones (excluding diaryl/α,β-unsaturated/α-hetero) is 1. The Kier molecular flexibility index (Phi) is 7.29. The van der Waals surface area contributed by atoms with Crippen molar-refractivity contribution in [2.24, 2.45) is 0 Å². The monoisotopic (exact) mass is 500 g/mol. The lowest BCUT2D eigenvalue weighted by atomic mass is 9.94. The van der Waals surface area contributed by atoms with Gasteiger partial charge in [0.15, 0.2) is 0 Å². The van der Waals surface area contributed by atoms with Gasteiger partial charge in [-0.05, 0) is 79.6 Å². The summed E-state index contributed by atoms with van der Waals surface area (Å²) in [5, 5.41) is 14.0. The average molecular weight is 501 g/mol. The van der Waals surface area contributed by atoms with Crippen LogP contribution in [-0.4, -0.2) is 36.4 Å². The lowest BCUT2D eigenvalue weighted by molar-refractivity contribution is -0.132. The molecule has 1 heterocycles. The van der Waals surface area contributed by atoms with Gasteiger partial charge in [0, 0.05) is 23.9 Å². The predicted octanol–water partition coefficient (Wildman–Crippen LogP) is 4.99. The number of aliphatic hydroxyl groups excluding tert-OH is 1. The highest BCUT2D eigenvalue weighted by atomic mass is 16.5. The number of aryl methyl sites for hydroxylation is 1. The number of nitrogens with zero attached hydrogens (tertiary/aromatic N) is 1. The Balaban J connectivity index is 1.86. The molecule has 1 fully saturated rings. The molecule has 0 spiro atoms. The van der Waals surface area contributed by atoms with Crippen molar-refractivity contribution in [1.82, 2.24) is 0 Å². The molecule has 0 saturated carbocycles. The summed E-state index contributed by atoms with van der Waals surface area (Å²) in [7, 11) is 1.55. The zero-order chi connectivity index (χ0) is 26.7. The van der Waals surface area contributed by atoms with Crippen LogP contribution < -0.4 is 19.7 Å². The van der Waals surface area contributed by atoms with Gasteiger partial charge in [-0.2, -0.15) is 0 Å². The number of anilines is 2. The van der Waals surface area contributed by atoms with Gasteiger partial charge in [-0.25, -0.2) is 0 Å². The number of rotatable bonds is 7. The summed E-state index contributed by atoms with van der Waals surface area (Å²) < 4.78 is 10.9. The first kappa shape index (κ1) is 25.5. The van der Waals surface area contributed by atoms with Crippen molar-refractivity contribution >= 4 is 34.7 Å². The third-order valence-electron chi connectivity index (χ3n) is 6.09. The third kappa shape index (κ3) is 5.04. The normalized spacial score (nSPS) is 16.5. The molecule has 8 nitrogen and oxygen atoms in total. The minimum Gasteiger partial charge on any atom is -0.507 e. The Hall–Kier alpha value is -4.59. The number of hydrogen-bond acceptors (Lipinski definition) is 6. The highest BCUT2D eigenvalue weighted by Gasteiger charge is 2.47. The molecule has 4 rings (SSSR count). The second-order valence-electron chi connectivity index (χ2n) is 8.58. The number of aliphatic hydroxyl groups is 1. The van der Waals surface area contributed by atoms with Crippen molar-refractivity contribution in [1.29, 1.82) is 0 Å². The topological polar surface area (TPSA) is 105 Å². The number of ketones is 1. The van der Waals surface area contributed by atoms with E-state index in [1.165, 1.54) is 11.8 Å². The molecule has 0 radical (unpaired) electrons. The Morgan fingerprint density at radius 3 is 2.27 bits per heavy atom. The van der Waals surface area contributed by atoms with Gasteiger partial charge in [-0.15, -0.1) is 0 Å². The fourth-order valence-electron chi connectivity index (χ4n) is 4.38. The van der Waals surface area contributed by atoms with Gasteiger partial charge in [-0.3, -0.25) is 19.3 Å². The maximum absolute atomic E-state index is 13.4. The quantitative estimate of drug-likeness (QED) is 0.269. The van der Waals surface area contributed by atoms with Gasteiger partial charge >= 0.3 is 0 Å². The first-order valence-electron chi connectivity index (χ1n) is 11.8. The molecule has 2 N–H and O–H groups in total. The molecule has 190 valence electrons. The number of methoxy groups -OCH3 is 1. The maximum Gasteiger partial charge on any atom is 0.300 e. The molecule has 1 saturated heterocycles. The van der Waals surface area contributed by atoms with Crippen LogP contribution in [0.3, 0.4) is 0 Å². The minimum atomic E-state index is -0.885. The second kappa shape index (κ2) is 10.6. The fourth-order valence-corrected chi connectivity index (χ4v) is 4.38. The molecule has 0 bridgehead atoms. The average Bonchev–Trinajstić information content (AvgIpc) is 3.15. The van der Waals surface area contributed by atoms with Crippen molar-refractivity contribution in [2.75, 3.05) is 23.9 Å². The lowest BCUT2D eigenvalue weighted by Gasteiger charge is -2.26. The van der Waals surface area contributed by atoms with Gasteiger partial charge < -0.3 is 19.9 Å². The number of amides is 2. The van der Waals surface area contributed by atoms with E-state index in [1.807, 2.05) is 13.8 Å². The van der Waals surface area contributed by atoms with Gasteiger partial charge in [-0.1, -0.05) is 12.1 Å². The molecule has 37 heavy (non-hydrogen) atoms. The summed E-state index contributed by atoms with van der Waals surface area (Å²) in [6.07, 6.45) is 0. The van der Waals surface area contributed by atoms with Crippen LogP contribution in [0.25, 0.3) is 5.76 Å². The molecule has 1 atom stereocenters. The van der Waals surface area contributed by atoms with E-state index in [9.17, 15) is 19.5 Å². The van der Waals surface area contributed by atoms with E-state index in [4.69, 9.17) is 9.47 Å². The highest BCUT2D eigenvalue weighted by Crippen LogP contribution is 2.43. The fraction of sp³-hybridized carbons (Fsp3) is 0.207. The van der Waals surface area contributed by atoms with Crippen molar-refractivity contribution in [3.8, 4) is 11.5 Å². The number of hydrogen-bond donors (Lipinski definition) is 2. The highest BCUT2D eigenvalue weighted by molar-refractivity contribution is 6.51. The van der Waals surface area contributed by atoms with Crippen LogP contribution in [0.1, 0.15) is 36.6 Å². The van der Waals surface area contributed by atoms with E-state index in [1.54, 1.807) is 73.8 Å². The third-order valence-corrected chi connectivity index (χ3v) is 6.09. The smallest absolute Gasteiger partial charge is 0.300 e. The maximum atomic E-state index is 13.4. The standard InChI is InChI=1S/C29H28N2O6/c1-5-37-24-15-8-20(16-17(24)2)27(33)25-26(19-6-13-23(36-4)14-7-19)31(29(35)28(25)34)22-11-9-21(10-12-22)30-18(3)32/h6-16,26,33H,5H2,1-4H3,(H,30,32)/b27-25-. The molecule has 0 aromatic heterocycles. The van der Waals surface area contributed by atoms with E-state index in [0.29, 0.717) is 40.6 Å². The van der Waals surface area contributed by atoms with Gasteiger partial charge in [0.05, 0.1) is 25.3 Å². The number of benzene rings is 3. The van der Waals surface area contributed by atoms with Crippen molar-refractivity contribution < 1.29 is 29.0 Å². The molecule has 0 aliphatic carbocycles. The summed E-state index contributed by atoms with van der Waals surface area (Å²) in [6.45, 7) is 5.62. The molecule has 3 aromatic carbocycles. The van der Waals surface area contributed by atoms with Crippen LogP contribution in [0.15, 0.2) is 72.3 Å². The summed E-state index contributed by atoms with van der Waals surface area (Å²) in [4.78, 5) is 39.5. The summed E-state index contributed by atoms with van der Waals surface area (Å²) >= 11 is 0. The molecule has 1 aliphatic heterocycles. The Morgan fingerprint density at radius 2 is 1.70 bits per heavy atom. The lowest BCUT2D eigenvalue weighted by Crippen LogP contribution is -2.29. The number of carbonyl (C=O) groups excluding carboxylic acids is 3. The molecular formula is C29H28N2O6. The van der Waals surface area contributed by atoms with Crippen LogP contribution in [0, 0.1) is 6.92 Å². The van der Waals surface area contributed by atoms with Crippen molar-refractivity contribution in [3.05, 3.63) is 89.0 Å². The van der Waals surface area contributed by atoms with Gasteiger partial charge in [0.2, 0.25) is 5.91 Å². The molecule has 1 unspecified atom stereocenters. The van der Waals surface area contributed by atoms with E-state index in [2.05, 4.69) is 5.32 Å². The van der Waals surface area contributed by atoms with Gasteiger partial charge in [0.1, 0.15) is 17.3 Å².